The summed E-state index contributed by atoms with van der Waals surface area (Å²) in [6, 6.07) is 0. The molecule has 0 rings (SSSR count). The van der Waals surface area contributed by atoms with Gasteiger partial charge in [0.05, 0.1) is 12.7 Å². The minimum Gasteiger partial charge on any atom is -0.395 e. The van der Waals surface area contributed by atoms with E-state index in [-0.39, 0.29) is 6.61 Å². The van der Waals surface area contributed by atoms with Gasteiger partial charge < -0.3 is 15.5 Å². The van der Waals surface area contributed by atoms with Crippen molar-refractivity contribution in [2.45, 2.75) is 45.1 Å². The monoisotopic (exact) mass is 215 g/mol. The zero-order chi connectivity index (χ0) is 11.4. The van der Waals surface area contributed by atoms with Crippen molar-refractivity contribution in [1.29, 1.82) is 0 Å². The van der Waals surface area contributed by atoms with Gasteiger partial charge >= 0.3 is 0 Å². The molecule has 0 bridgehead atoms. The van der Waals surface area contributed by atoms with Crippen molar-refractivity contribution in [3.63, 3.8) is 0 Å². The zero-order valence-electron chi connectivity index (χ0n) is 9.78. The van der Waals surface area contributed by atoms with Crippen molar-refractivity contribution in [2.24, 2.45) is 0 Å². The number of aliphatic hydroxyl groups is 2. The van der Waals surface area contributed by atoms with Gasteiger partial charge in [-0.3, -0.25) is 0 Å². The molecule has 0 amide bonds. The van der Waals surface area contributed by atoms with E-state index < -0.39 is 6.10 Å². The van der Waals surface area contributed by atoms with E-state index in [1.54, 1.807) is 0 Å². The van der Waals surface area contributed by atoms with Gasteiger partial charge in [0.2, 0.25) is 0 Å². The molecule has 0 saturated carbocycles. The van der Waals surface area contributed by atoms with Crippen molar-refractivity contribution >= 4 is 0 Å². The van der Waals surface area contributed by atoms with E-state index in [0.29, 0.717) is 13.1 Å². The molecule has 0 aliphatic heterocycles. The molecule has 3 heteroatoms. The summed E-state index contributed by atoms with van der Waals surface area (Å²) < 4.78 is 0. The van der Waals surface area contributed by atoms with Crippen LogP contribution in [0.5, 0.6) is 0 Å². The highest BCUT2D eigenvalue weighted by Gasteiger charge is 1.96. The largest absolute Gasteiger partial charge is 0.395 e. The lowest BCUT2D eigenvalue weighted by Crippen LogP contribution is -2.27. The topological polar surface area (TPSA) is 52.5 Å². The maximum Gasteiger partial charge on any atom is 0.0845 e. The Labute approximate surface area is 93.2 Å². The standard InChI is InChI=1S/C12H25NO2/c1-2-3-4-5-6-7-8-12(15)11-13-9-10-14/h7-8,12-15H,2-6,9-11H2,1H3/b8-7+. The molecule has 0 aromatic carbocycles. The average Bonchev–Trinajstić information content (AvgIpc) is 2.23. The predicted octanol–water partition coefficient (Wildman–Crippen LogP) is 1.46. The third kappa shape index (κ3) is 11.5. The van der Waals surface area contributed by atoms with Gasteiger partial charge in [-0.15, -0.1) is 0 Å². The van der Waals surface area contributed by atoms with Crippen LogP contribution < -0.4 is 5.32 Å². The van der Waals surface area contributed by atoms with Crippen LogP contribution in [0.1, 0.15) is 39.0 Å². The van der Waals surface area contributed by atoms with Gasteiger partial charge in [0, 0.05) is 13.1 Å². The fourth-order valence-electron chi connectivity index (χ4n) is 1.34. The minimum absolute atomic E-state index is 0.119. The molecule has 0 aliphatic rings. The van der Waals surface area contributed by atoms with Crippen LogP contribution >= 0.6 is 0 Å². The van der Waals surface area contributed by atoms with Crippen LogP contribution in [0.15, 0.2) is 12.2 Å². The van der Waals surface area contributed by atoms with Crippen LogP contribution in [-0.2, 0) is 0 Å². The number of aliphatic hydroxyl groups excluding tert-OH is 2. The van der Waals surface area contributed by atoms with E-state index >= 15 is 0 Å². The van der Waals surface area contributed by atoms with Crippen LogP contribution in [0, 0.1) is 0 Å². The molecule has 1 atom stereocenters. The zero-order valence-corrected chi connectivity index (χ0v) is 9.78. The first-order valence-corrected chi connectivity index (χ1v) is 5.97. The van der Waals surface area contributed by atoms with E-state index in [0.717, 1.165) is 6.42 Å². The maximum atomic E-state index is 9.45. The van der Waals surface area contributed by atoms with Gasteiger partial charge in [-0.25, -0.2) is 0 Å². The Balaban J connectivity index is 3.25. The number of hydrogen-bond acceptors (Lipinski definition) is 3. The summed E-state index contributed by atoms with van der Waals surface area (Å²) in [4.78, 5) is 0. The Morgan fingerprint density at radius 1 is 1.27 bits per heavy atom. The lowest BCUT2D eigenvalue weighted by molar-refractivity contribution is 0.211. The summed E-state index contributed by atoms with van der Waals surface area (Å²) in [5.41, 5.74) is 0. The van der Waals surface area contributed by atoms with Crippen LogP contribution in [0.3, 0.4) is 0 Å². The van der Waals surface area contributed by atoms with Crippen molar-refractivity contribution < 1.29 is 10.2 Å². The Kier molecular flexibility index (Phi) is 11.4. The second kappa shape index (κ2) is 11.7. The highest BCUT2D eigenvalue weighted by Crippen LogP contribution is 2.03. The summed E-state index contributed by atoms with van der Waals surface area (Å²) >= 11 is 0. The lowest BCUT2D eigenvalue weighted by Gasteiger charge is -2.05. The molecule has 0 aromatic heterocycles. The summed E-state index contributed by atoms with van der Waals surface area (Å²) in [5, 5.41) is 20.9. The minimum atomic E-state index is -0.428. The van der Waals surface area contributed by atoms with E-state index in [1.165, 1.54) is 25.7 Å². The van der Waals surface area contributed by atoms with Gasteiger partial charge in [0.15, 0.2) is 0 Å². The average molecular weight is 215 g/mol. The van der Waals surface area contributed by atoms with Gasteiger partial charge in [0.1, 0.15) is 0 Å². The smallest absolute Gasteiger partial charge is 0.0845 e. The fraction of sp³-hybridized carbons (Fsp3) is 0.833. The molecule has 0 fully saturated rings. The van der Waals surface area contributed by atoms with Crippen molar-refractivity contribution in [3.05, 3.63) is 12.2 Å². The molecule has 0 spiro atoms. The van der Waals surface area contributed by atoms with Gasteiger partial charge in [0.25, 0.3) is 0 Å². The number of allylic oxidation sites excluding steroid dienone is 1. The molecule has 3 N–H and O–H groups in total. The number of nitrogens with one attached hydrogen (secondary N) is 1. The van der Waals surface area contributed by atoms with Gasteiger partial charge in [-0.2, -0.15) is 0 Å². The highest BCUT2D eigenvalue weighted by molar-refractivity contribution is 4.89. The molecule has 1 unspecified atom stereocenters. The third-order valence-corrected chi connectivity index (χ3v) is 2.22. The van der Waals surface area contributed by atoms with Crippen LogP contribution in [0.4, 0.5) is 0 Å². The van der Waals surface area contributed by atoms with E-state index in [2.05, 4.69) is 12.2 Å². The molecule has 15 heavy (non-hydrogen) atoms. The molecule has 3 nitrogen and oxygen atoms in total. The number of unbranched alkanes of at least 4 members (excludes halogenated alkanes) is 4. The first-order valence-electron chi connectivity index (χ1n) is 5.97. The molecular weight excluding hydrogens is 190 g/mol. The third-order valence-electron chi connectivity index (χ3n) is 2.22. The molecule has 90 valence electrons. The lowest BCUT2D eigenvalue weighted by atomic mass is 10.1. The second-order valence-electron chi connectivity index (χ2n) is 3.77. The summed E-state index contributed by atoms with van der Waals surface area (Å²) in [7, 11) is 0. The summed E-state index contributed by atoms with van der Waals surface area (Å²) in [6.45, 7) is 3.38. The first kappa shape index (κ1) is 14.6. The van der Waals surface area contributed by atoms with Gasteiger partial charge in [-0.05, 0) is 12.8 Å². The predicted molar refractivity (Wildman–Crippen MR) is 63.9 cm³/mol. The van der Waals surface area contributed by atoms with Crippen LogP contribution in [0.2, 0.25) is 0 Å². The van der Waals surface area contributed by atoms with Crippen molar-refractivity contribution in [1.82, 2.24) is 5.32 Å². The Morgan fingerprint density at radius 2 is 2.07 bits per heavy atom. The molecule has 0 radical (unpaired) electrons. The Hall–Kier alpha value is -0.380. The quantitative estimate of drug-likeness (QED) is 0.382. The van der Waals surface area contributed by atoms with Crippen molar-refractivity contribution in [3.8, 4) is 0 Å². The van der Waals surface area contributed by atoms with Gasteiger partial charge in [-0.1, -0.05) is 38.3 Å². The Bertz CT molecular complexity index is 149. The summed E-state index contributed by atoms with van der Waals surface area (Å²) in [5.74, 6) is 0. The fourth-order valence-corrected chi connectivity index (χ4v) is 1.34. The van der Waals surface area contributed by atoms with E-state index in [4.69, 9.17) is 5.11 Å². The molecule has 0 saturated heterocycles. The number of hydrogen-bond donors (Lipinski definition) is 3. The molecule has 0 heterocycles. The van der Waals surface area contributed by atoms with Crippen molar-refractivity contribution in [2.75, 3.05) is 19.7 Å². The first-order chi connectivity index (χ1) is 7.31. The Morgan fingerprint density at radius 3 is 2.73 bits per heavy atom. The summed E-state index contributed by atoms with van der Waals surface area (Å²) in [6.07, 6.45) is 9.55. The van der Waals surface area contributed by atoms with Crippen LogP contribution in [-0.4, -0.2) is 36.0 Å². The maximum absolute atomic E-state index is 9.45. The van der Waals surface area contributed by atoms with E-state index in [1.807, 2.05) is 12.2 Å². The van der Waals surface area contributed by atoms with Crippen LogP contribution in [0.25, 0.3) is 0 Å². The molecule has 0 aliphatic carbocycles. The molecule has 0 aromatic rings. The second-order valence-corrected chi connectivity index (χ2v) is 3.77. The molecular formula is C12H25NO2. The highest BCUT2D eigenvalue weighted by atomic mass is 16.3. The number of rotatable bonds is 10. The SMILES string of the molecule is CCCCCC/C=C/C(O)CNCCO. The normalized spacial score (nSPS) is 13.5. The van der Waals surface area contributed by atoms with E-state index in [9.17, 15) is 5.11 Å².